The van der Waals surface area contributed by atoms with Crippen LogP contribution < -0.4 is 16.6 Å². The molecule has 0 aromatic heterocycles. The van der Waals surface area contributed by atoms with E-state index in [4.69, 9.17) is 10.3 Å². The number of aryl methyl sites for hydroxylation is 2. The lowest BCUT2D eigenvalue weighted by atomic mass is 10.1. The molecule has 0 fully saturated rings. The number of nitrogens with one attached hydrogen (secondary N) is 2. The van der Waals surface area contributed by atoms with E-state index in [0.29, 0.717) is 11.4 Å². The highest BCUT2D eigenvalue weighted by Crippen LogP contribution is 2.31. The molecule has 7 N–H and O–H groups in total. The number of nitrogens with two attached hydrogens (primary N) is 1. The van der Waals surface area contributed by atoms with Crippen LogP contribution >= 0.6 is 0 Å². The summed E-state index contributed by atoms with van der Waals surface area (Å²) < 4.78 is 31.7. The van der Waals surface area contributed by atoms with Crippen LogP contribution in [0.2, 0.25) is 0 Å². The van der Waals surface area contributed by atoms with E-state index in [2.05, 4.69) is 10.9 Å². The molecule has 124 valence electrons. The molecule has 0 saturated carbocycles. The normalized spacial score (nSPS) is 11.3. The van der Waals surface area contributed by atoms with Gasteiger partial charge in [-0.3, -0.25) is 4.55 Å². The molecule has 0 atom stereocenters. The predicted octanol–water partition coefficient (Wildman–Crippen LogP) is 1.98. The Morgan fingerprint density at radius 1 is 1.00 bits per heavy atom. The van der Waals surface area contributed by atoms with Gasteiger partial charge in [-0.15, -0.1) is 0 Å². The van der Waals surface area contributed by atoms with Crippen molar-refractivity contribution in [3.05, 3.63) is 35.4 Å². The average molecular weight is 339 g/mol. The number of hydrogen-bond acceptors (Lipinski definition) is 7. The number of rotatable bonds is 4. The van der Waals surface area contributed by atoms with Gasteiger partial charge in [-0.25, -0.2) is 0 Å². The maximum Gasteiger partial charge on any atom is 0.298 e. The maximum atomic E-state index is 11.3. The zero-order valence-electron chi connectivity index (χ0n) is 12.5. The zero-order chi connectivity index (χ0) is 17.4. The summed E-state index contributed by atoms with van der Waals surface area (Å²) in [4.78, 5) is -0.598. The zero-order valence-corrected chi connectivity index (χ0v) is 13.3. The molecule has 0 bridgehead atoms. The quantitative estimate of drug-likeness (QED) is 0.163. The van der Waals surface area contributed by atoms with Crippen LogP contribution in [0.3, 0.4) is 0 Å². The monoisotopic (exact) mass is 339 g/mol. The molecule has 0 aliphatic rings. The summed E-state index contributed by atoms with van der Waals surface area (Å²) in [6, 6.07) is 5.56. The average Bonchev–Trinajstić information content (AvgIpc) is 2.43. The summed E-state index contributed by atoms with van der Waals surface area (Å²) in [6.45, 7) is 3.26. The minimum Gasteiger partial charge on any atom is -0.506 e. The van der Waals surface area contributed by atoms with E-state index in [0.717, 1.165) is 11.6 Å². The summed E-state index contributed by atoms with van der Waals surface area (Å²) in [5, 5.41) is 19.3. The molecular formula is C14H17N3O5S. The highest BCUT2D eigenvalue weighted by Gasteiger charge is 2.18. The van der Waals surface area contributed by atoms with Crippen molar-refractivity contribution in [2.45, 2.75) is 18.7 Å². The molecule has 23 heavy (non-hydrogen) atoms. The molecular weight excluding hydrogens is 322 g/mol. The van der Waals surface area contributed by atoms with E-state index in [1.807, 2.05) is 0 Å². The van der Waals surface area contributed by atoms with Crippen molar-refractivity contribution < 1.29 is 23.2 Å². The van der Waals surface area contributed by atoms with Crippen molar-refractivity contribution in [1.82, 2.24) is 0 Å². The SMILES string of the molecule is Cc1cc(N)c(O)cc1NNc1cc(C)c(O)c(S(=O)(=O)O)c1. The van der Waals surface area contributed by atoms with Gasteiger partial charge in [0, 0.05) is 6.07 Å². The van der Waals surface area contributed by atoms with Crippen LogP contribution in [-0.2, 0) is 10.1 Å². The van der Waals surface area contributed by atoms with Crippen LogP contribution in [0.15, 0.2) is 29.2 Å². The standard InChI is InChI=1S/C14H17N3O5S/c1-7-4-10(15)12(18)6-11(7)17-16-9-3-8(2)14(19)13(5-9)23(20,21)22/h3-6,16-19H,15H2,1-2H3,(H,20,21,22). The third kappa shape index (κ3) is 3.58. The minimum atomic E-state index is -4.56. The summed E-state index contributed by atoms with van der Waals surface area (Å²) in [5.74, 6) is -0.611. The van der Waals surface area contributed by atoms with E-state index >= 15 is 0 Å². The highest BCUT2D eigenvalue weighted by molar-refractivity contribution is 7.86. The molecule has 0 aliphatic heterocycles. The summed E-state index contributed by atoms with van der Waals surface area (Å²) in [6.07, 6.45) is 0. The Balaban J connectivity index is 2.32. The van der Waals surface area contributed by atoms with Gasteiger partial charge in [0.15, 0.2) is 0 Å². The minimum absolute atomic E-state index is 0.0968. The first kappa shape index (κ1) is 16.7. The fourth-order valence-corrected chi connectivity index (χ4v) is 2.69. The molecule has 2 rings (SSSR count). The molecule has 0 radical (unpaired) electrons. The second kappa shape index (κ2) is 5.86. The lowest BCUT2D eigenvalue weighted by Gasteiger charge is -2.15. The third-order valence-electron chi connectivity index (χ3n) is 3.26. The van der Waals surface area contributed by atoms with E-state index in [-0.39, 0.29) is 17.0 Å². The first-order valence-electron chi connectivity index (χ1n) is 6.52. The van der Waals surface area contributed by atoms with E-state index in [9.17, 15) is 18.6 Å². The Labute approximate surface area is 133 Å². The van der Waals surface area contributed by atoms with Crippen LogP contribution in [-0.4, -0.2) is 23.2 Å². The lowest BCUT2D eigenvalue weighted by molar-refractivity contribution is 0.440. The molecule has 8 nitrogen and oxygen atoms in total. The first-order valence-corrected chi connectivity index (χ1v) is 7.96. The number of phenolic OH excluding ortho intramolecular Hbond substituents is 2. The van der Waals surface area contributed by atoms with E-state index in [1.54, 1.807) is 13.0 Å². The van der Waals surface area contributed by atoms with Crippen molar-refractivity contribution in [2.75, 3.05) is 16.6 Å². The predicted molar refractivity (Wildman–Crippen MR) is 87.2 cm³/mol. The largest absolute Gasteiger partial charge is 0.506 e. The Morgan fingerprint density at radius 3 is 2.26 bits per heavy atom. The van der Waals surface area contributed by atoms with Crippen LogP contribution in [0, 0.1) is 13.8 Å². The van der Waals surface area contributed by atoms with Crippen LogP contribution in [0.25, 0.3) is 0 Å². The fraction of sp³-hybridized carbons (Fsp3) is 0.143. The lowest BCUT2D eigenvalue weighted by Crippen LogP contribution is -2.11. The van der Waals surface area contributed by atoms with Crippen LogP contribution in [0.5, 0.6) is 11.5 Å². The number of benzene rings is 2. The fourth-order valence-electron chi connectivity index (χ4n) is 2.01. The second-order valence-electron chi connectivity index (χ2n) is 5.09. The number of anilines is 3. The topological polar surface area (TPSA) is 145 Å². The Morgan fingerprint density at radius 2 is 1.65 bits per heavy atom. The van der Waals surface area contributed by atoms with Crippen LogP contribution in [0.1, 0.15) is 11.1 Å². The number of hydrazine groups is 1. The molecule has 2 aromatic carbocycles. The van der Waals surface area contributed by atoms with Crippen molar-refractivity contribution in [3.8, 4) is 11.5 Å². The van der Waals surface area contributed by atoms with Gasteiger partial charge in [0.25, 0.3) is 10.1 Å². The number of nitrogen functional groups attached to an aromatic ring is 1. The molecule has 0 aliphatic carbocycles. The molecule has 0 amide bonds. The molecule has 9 heteroatoms. The number of phenols is 2. The molecule has 0 saturated heterocycles. The molecule has 0 unspecified atom stereocenters. The summed E-state index contributed by atoms with van der Waals surface area (Å²) in [5.41, 5.74) is 13.2. The summed E-state index contributed by atoms with van der Waals surface area (Å²) >= 11 is 0. The van der Waals surface area contributed by atoms with Gasteiger partial charge in [-0.1, -0.05) is 0 Å². The van der Waals surface area contributed by atoms with Gasteiger partial charge < -0.3 is 26.8 Å². The Hall–Kier alpha value is -2.65. The third-order valence-corrected chi connectivity index (χ3v) is 4.13. The number of hydrogen-bond donors (Lipinski definition) is 6. The van der Waals surface area contributed by atoms with Gasteiger partial charge in [0.1, 0.15) is 16.4 Å². The summed E-state index contributed by atoms with van der Waals surface area (Å²) in [7, 11) is -4.56. The van der Waals surface area contributed by atoms with Gasteiger partial charge in [0.05, 0.1) is 17.1 Å². The van der Waals surface area contributed by atoms with Crippen molar-refractivity contribution in [1.29, 1.82) is 0 Å². The van der Waals surface area contributed by atoms with Gasteiger partial charge in [0.2, 0.25) is 0 Å². The number of aromatic hydroxyl groups is 2. The van der Waals surface area contributed by atoms with Gasteiger partial charge in [-0.2, -0.15) is 8.42 Å². The second-order valence-corrected chi connectivity index (χ2v) is 6.48. The Bertz CT molecular complexity index is 865. The smallest absolute Gasteiger partial charge is 0.298 e. The van der Waals surface area contributed by atoms with Gasteiger partial charge in [-0.05, 0) is 43.2 Å². The van der Waals surface area contributed by atoms with E-state index < -0.39 is 20.8 Å². The van der Waals surface area contributed by atoms with Gasteiger partial charge >= 0.3 is 0 Å². The molecule has 0 spiro atoms. The molecule has 0 heterocycles. The molecule has 2 aromatic rings. The van der Waals surface area contributed by atoms with Crippen molar-refractivity contribution in [2.24, 2.45) is 0 Å². The van der Waals surface area contributed by atoms with E-state index in [1.165, 1.54) is 19.1 Å². The highest BCUT2D eigenvalue weighted by atomic mass is 32.2. The van der Waals surface area contributed by atoms with Crippen LogP contribution in [0.4, 0.5) is 17.1 Å². The first-order chi connectivity index (χ1) is 10.6. The maximum absolute atomic E-state index is 11.3. The van der Waals surface area contributed by atoms with Crippen molar-refractivity contribution >= 4 is 27.2 Å². The van der Waals surface area contributed by atoms with Crippen molar-refractivity contribution in [3.63, 3.8) is 0 Å². The Kier molecular flexibility index (Phi) is 4.26.